The van der Waals surface area contributed by atoms with Crippen LogP contribution in [0.4, 0.5) is 0 Å². The second kappa shape index (κ2) is 11.4. The Kier molecular flexibility index (Phi) is 7.40. The SMILES string of the molecule is N#Cc1ccc(COc2cccc(C3CCN(Cc4nc5ccc(C(=O)O)cc5n4CC4CCO4)CC3)n2)nc1. The van der Waals surface area contributed by atoms with Crippen molar-refractivity contribution in [3.8, 4) is 11.9 Å². The van der Waals surface area contributed by atoms with Gasteiger partial charge in [-0.3, -0.25) is 9.88 Å². The highest BCUT2D eigenvalue weighted by Gasteiger charge is 2.26. The van der Waals surface area contributed by atoms with Gasteiger partial charge in [0.15, 0.2) is 0 Å². The van der Waals surface area contributed by atoms with Crippen LogP contribution in [0.25, 0.3) is 11.0 Å². The first-order valence-electron chi connectivity index (χ1n) is 13.6. The normalized spacial score (nSPS) is 17.8. The number of rotatable bonds is 9. The number of fused-ring (bicyclic) bond motifs is 1. The molecule has 1 unspecified atom stereocenters. The van der Waals surface area contributed by atoms with Crippen LogP contribution in [0.5, 0.6) is 5.88 Å². The van der Waals surface area contributed by atoms with Crippen LogP contribution in [0.1, 0.15) is 58.3 Å². The summed E-state index contributed by atoms with van der Waals surface area (Å²) in [5.74, 6) is 0.912. The molecule has 0 saturated carbocycles. The first-order valence-corrected chi connectivity index (χ1v) is 13.6. The van der Waals surface area contributed by atoms with Crippen LogP contribution in [-0.2, 0) is 24.4 Å². The summed E-state index contributed by atoms with van der Waals surface area (Å²) >= 11 is 0. The van der Waals surface area contributed by atoms with Gasteiger partial charge in [-0.2, -0.15) is 5.26 Å². The summed E-state index contributed by atoms with van der Waals surface area (Å²) in [4.78, 5) is 27.9. The Balaban J connectivity index is 1.10. The fraction of sp³-hybridized carbons (Fsp3) is 0.367. The molecule has 3 aromatic heterocycles. The van der Waals surface area contributed by atoms with Gasteiger partial charge < -0.3 is 19.1 Å². The van der Waals surface area contributed by atoms with Crippen LogP contribution in [0.3, 0.4) is 0 Å². The lowest BCUT2D eigenvalue weighted by Crippen LogP contribution is -2.35. The van der Waals surface area contributed by atoms with Crippen LogP contribution in [0.2, 0.25) is 0 Å². The van der Waals surface area contributed by atoms with Gasteiger partial charge in [-0.05, 0) is 68.8 Å². The lowest BCUT2D eigenvalue weighted by Gasteiger charge is -2.32. The Labute approximate surface area is 231 Å². The Hall–Kier alpha value is -4.33. The van der Waals surface area contributed by atoms with Crippen molar-refractivity contribution in [3.63, 3.8) is 0 Å². The molecule has 2 aliphatic heterocycles. The van der Waals surface area contributed by atoms with Gasteiger partial charge in [0.1, 0.15) is 18.5 Å². The number of aromatic nitrogens is 4. The number of piperidine rings is 1. The minimum atomic E-state index is -0.938. The minimum Gasteiger partial charge on any atom is -0.478 e. The van der Waals surface area contributed by atoms with Crippen molar-refractivity contribution in [2.75, 3.05) is 19.7 Å². The summed E-state index contributed by atoms with van der Waals surface area (Å²) in [6.45, 7) is 4.27. The number of nitriles is 1. The number of carboxylic acid groups (broad SMARTS) is 1. The van der Waals surface area contributed by atoms with E-state index in [-0.39, 0.29) is 11.7 Å². The van der Waals surface area contributed by atoms with Crippen molar-refractivity contribution < 1.29 is 19.4 Å². The highest BCUT2D eigenvalue weighted by Crippen LogP contribution is 2.30. The number of nitrogens with zero attached hydrogens (tertiary/aromatic N) is 6. The lowest BCUT2D eigenvalue weighted by molar-refractivity contribution is -0.0592. The second-order valence-corrected chi connectivity index (χ2v) is 10.3. The molecule has 1 aromatic carbocycles. The third-order valence-corrected chi connectivity index (χ3v) is 7.69. The number of ether oxygens (including phenoxy) is 2. The third kappa shape index (κ3) is 5.66. The lowest BCUT2D eigenvalue weighted by atomic mass is 9.93. The number of aromatic carboxylic acids is 1. The van der Waals surface area contributed by atoms with Crippen LogP contribution >= 0.6 is 0 Å². The molecule has 40 heavy (non-hydrogen) atoms. The molecule has 4 aromatic rings. The van der Waals surface area contributed by atoms with Gasteiger partial charge >= 0.3 is 5.97 Å². The maximum atomic E-state index is 11.6. The molecule has 2 saturated heterocycles. The standard InChI is InChI=1S/C30H30N6O4/c31-15-20-4-6-23(32-16-20)19-40-29-3-1-2-25(34-29)21-8-11-35(12-9-21)18-28-33-26-7-5-22(30(37)38)14-27(26)36(28)17-24-10-13-39-24/h1-7,14,16,21,24H,8-13,17-19H2,(H,37,38). The number of pyridine rings is 2. The van der Waals surface area contributed by atoms with Crippen molar-refractivity contribution in [1.82, 2.24) is 24.4 Å². The Morgan fingerprint density at radius 2 is 1.98 bits per heavy atom. The average molecular weight is 539 g/mol. The number of carboxylic acids is 1. The van der Waals surface area contributed by atoms with Crippen LogP contribution in [-0.4, -0.2) is 61.3 Å². The third-order valence-electron chi connectivity index (χ3n) is 7.69. The molecular weight excluding hydrogens is 508 g/mol. The zero-order valence-electron chi connectivity index (χ0n) is 22.1. The summed E-state index contributed by atoms with van der Waals surface area (Å²) in [5.41, 5.74) is 4.22. The molecule has 10 nitrogen and oxygen atoms in total. The average Bonchev–Trinajstić information content (AvgIpc) is 3.30. The first-order chi connectivity index (χ1) is 19.6. The zero-order chi connectivity index (χ0) is 27.5. The molecule has 1 N–H and O–H groups in total. The van der Waals surface area contributed by atoms with E-state index >= 15 is 0 Å². The maximum absolute atomic E-state index is 11.6. The van der Waals surface area contributed by atoms with E-state index in [1.54, 1.807) is 36.5 Å². The van der Waals surface area contributed by atoms with E-state index in [4.69, 9.17) is 24.7 Å². The first kappa shape index (κ1) is 25.9. The van der Waals surface area contributed by atoms with Crippen molar-refractivity contribution in [3.05, 3.63) is 83.1 Å². The molecule has 0 spiro atoms. The van der Waals surface area contributed by atoms with Gasteiger partial charge in [0, 0.05) is 30.5 Å². The number of hydrogen-bond donors (Lipinski definition) is 1. The van der Waals surface area contributed by atoms with Gasteiger partial charge in [0.25, 0.3) is 0 Å². The van der Waals surface area contributed by atoms with Crippen molar-refractivity contribution in [2.24, 2.45) is 0 Å². The smallest absolute Gasteiger partial charge is 0.335 e. The summed E-state index contributed by atoms with van der Waals surface area (Å²) in [7, 11) is 0. The van der Waals surface area contributed by atoms with Crippen LogP contribution < -0.4 is 4.74 Å². The Bertz CT molecular complexity index is 1550. The molecule has 10 heteroatoms. The van der Waals surface area contributed by atoms with Crippen molar-refractivity contribution in [2.45, 2.75) is 51.0 Å². The molecule has 0 bridgehead atoms. The topological polar surface area (TPSA) is 126 Å². The molecule has 204 valence electrons. The summed E-state index contributed by atoms with van der Waals surface area (Å²) < 4.78 is 13.7. The monoisotopic (exact) mass is 538 g/mol. The predicted octanol–water partition coefficient (Wildman–Crippen LogP) is 4.14. The van der Waals surface area contributed by atoms with E-state index < -0.39 is 5.97 Å². The van der Waals surface area contributed by atoms with Crippen molar-refractivity contribution in [1.29, 1.82) is 5.26 Å². The highest BCUT2D eigenvalue weighted by molar-refractivity contribution is 5.92. The summed E-state index contributed by atoms with van der Waals surface area (Å²) in [6.07, 6.45) is 4.64. The summed E-state index contributed by atoms with van der Waals surface area (Å²) in [5, 5.41) is 18.4. The minimum absolute atomic E-state index is 0.142. The van der Waals surface area contributed by atoms with Gasteiger partial charge in [-0.1, -0.05) is 6.07 Å². The van der Waals surface area contributed by atoms with E-state index in [0.717, 1.165) is 67.2 Å². The number of hydrogen-bond acceptors (Lipinski definition) is 8. The van der Waals surface area contributed by atoms with Crippen LogP contribution in [0, 0.1) is 11.3 Å². The molecule has 0 aliphatic carbocycles. The zero-order valence-corrected chi connectivity index (χ0v) is 22.1. The molecule has 5 heterocycles. The number of benzene rings is 1. The van der Waals surface area contributed by atoms with E-state index in [1.807, 2.05) is 12.1 Å². The van der Waals surface area contributed by atoms with E-state index in [0.29, 0.717) is 37.1 Å². The van der Waals surface area contributed by atoms with E-state index in [9.17, 15) is 9.90 Å². The molecule has 6 rings (SSSR count). The fourth-order valence-electron chi connectivity index (χ4n) is 5.31. The predicted molar refractivity (Wildman–Crippen MR) is 146 cm³/mol. The van der Waals surface area contributed by atoms with Crippen molar-refractivity contribution >= 4 is 17.0 Å². The van der Waals surface area contributed by atoms with Gasteiger partial charge in [0.2, 0.25) is 5.88 Å². The second-order valence-electron chi connectivity index (χ2n) is 10.3. The molecule has 2 fully saturated rings. The molecule has 1 atom stereocenters. The summed E-state index contributed by atoms with van der Waals surface area (Å²) in [6, 6.07) is 16.6. The van der Waals surface area contributed by atoms with Crippen LogP contribution in [0.15, 0.2) is 54.7 Å². The number of carbonyl (C=O) groups is 1. The Morgan fingerprint density at radius 3 is 2.67 bits per heavy atom. The molecule has 0 radical (unpaired) electrons. The van der Waals surface area contributed by atoms with Gasteiger partial charge in [0.05, 0.1) is 47.0 Å². The van der Waals surface area contributed by atoms with Gasteiger partial charge in [-0.25, -0.2) is 14.8 Å². The van der Waals surface area contributed by atoms with Gasteiger partial charge in [-0.15, -0.1) is 0 Å². The highest BCUT2D eigenvalue weighted by atomic mass is 16.5. The number of likely N-dealkylation sites (tertiary alicyclic amines) is 1. The van der Waals surface area contributed by atoms with E-state index in [1.165, 1.54) is 0 Å². The van der Waals surface area contributed by atoms with E-state index in [2.05, 4.69) is 26.6 Å². The molecule has 2 aliphatic rings. The fourth-order valence-corrected chi connectivity index (χ4v) is 5.31. The quantitative estimate of drug-likeness (QED) is 0.334. The number of imidazole rings is 1. The maximum Gasteiger partial charge on any atom is 0.335 e. The Morgan fingerprint density at radius 1 is 1.12 bits per heavy atom. The molecule has 0 amide bonds. The largest absolute Gasteiger partial charge is 0.478 e. The molecular formula is C30H30N6O4.